The predicted octanol–water partition coefficient (Wildman–Crippen LogP) is 2.92. The first-order valence-corrected chi connectivity index (χ1v) is 8.42. The van der Waals surface area contributed by atoms with Crippen LogP contribution in [0.2, 0.25) is 0 Å². The van der Waals surface area contributed by atoms with Gasteiger partial charge in [-0.2, -0.15) is 0 Å². The number of pyridine rings is 1. The highest BCUT2D eigenvalue weighted by atomic mass is 19.1. The van der Waals surface area contributed by atoms with Gasteiger partial charge in [0, 0.05) is 19.3 Å². The van der Waals surface area contributed by atoms with Crippen LogP contribution in [0.3, 0.4) is 0 Å². The van der Waals surface area contributed by atoms with E-state index in [-0.39, 0.29) is 17.6 Å². The third kappa shape index (κ3) is 4.76. The van der Waals surface area contributed by atoms with E-state index in [0.717, 1.165) is 24.8 Å². The molecule has 0 saturated carbocycles. The van der Waals surface area contributed by atoms with Crippen LogP contribution < -0.4 is 4.74 Å². The van der Waals surface area contributed by atoms with Crippen molar-refractivity contribution in [2.45, 2.75) is 18.9 Å². The number of hydrogen-bond acceptors (Lipinski definition) is 4. The smallest absolute Gasteiger partial charge is 0.257 e. The van der Waals surface area contributed by atoms with Crippen molar-refractivity contribution in [3.8, 4) is 5.75 Å². The van der Waals surface area contributed by atoms with Crippen molar-refractivity contribution in [1.29, 1.82) is 0 Å². The second-order valence-corrected chi connectivity index (χ2v) is 5.90. The summed E-state index contributed by atoms with van der Waals surface area (Å²) in [6.07, 6.45) is 4.35. The van der Waals surface area contributed by atoms with E-state index >= 15 is 0 Å². The summed E-state index contributed by atoms with van der Waals surface area (Å²) >= 11 is 0. The van der Waals surface area contributed by atoms with Gasteiger partial charge in [0.25, 0.3) is 5.91 Å². The van der Waals surface area contributed by atoms with E-state index < -0.39 is 5.82 Å². The highest BCUT2D eigenvalue weighted by molar-refractivity contribution is 5.94. The normalized spacial score (nSPS) is 16.6. The van der Waals surface area contributed by atoms with Crippen LogP contribution in [0.1, 0.15) is 23.2 Å². The molecule has 5 nitrogen and oxygen atoms in total. The molecule has 2 aromatic rings. The molecule has 0 aliphatic carbocycles. The summed E-state index contributed by atoms with van der Waals surface area (Å²) in [5, 5.41) is 0. The monoisotopic (exact) mass is 344 g/mol. The third-order valence-corrected chi connectivity index (χ3v) is 4.11. The van der Waals surface area contributed by atoms with Gasteiger partial charge < -0.3 is 14.4 Å². The molecule has 1 unspecified atom stereocenters. The van der Waals surface area contributed by atoms with Crippen LogP contribution in [0.25, 0.3) is 0 Å². The van der Waals surface area contributed by atoms with Gasteiger partial charge in [-0.25, -0.2) is 4.39 Å². The van der Waals surface area contributed by atoms with Gasteiger partial charge in [-0.1, -0.05) is 18.2 Å². The maximum Gasteiger partial charge on any atom is 0.257 e. The Morgan fingerprint density at radius 1 is 1.32 bits per heavy atom. The summed E-state index contributed by atoms with van der Waals surface area (Å²) in [5.74, 6) is -0.247. The minimum absolute atomic E-state index is 0.00873. The Balaban J connectivity index is 1.66. The Hall–Kier alpha value is -2.47. The number of carbonyl (C=O) groups is 1. The number of aromatic nitrogens is 1. The molecule has 1 saturated heterocycles. The summed E-state index contributed by atoms with van der Waals surface area (Å²) in [4.78, 5) is 18.0. The summed E-state index contributed by atoms with van der Waals surface area (Å²) in [6, 6.07) is 10.8. The number of rotatable bonds is 7. The van der Waals surface area contributed by atoms with Gasteiger partial charge in [-0.15, -0.1) is 0 Å². The lowest BCUT2D eigenvalue weighted by molar-refractivity contribution is 0.0490. The minimum atomic E-state index is -0.617. The Labute approximate surface area is 146 Å². The molecule has 1 amide bonds. The topological polar surface area (TPSA) is 51.7 Å². The first kappa shape index (κ1) is 17.4. The Kier molecular flexibility index (Phi) is 5.95. The molecule has 0 N–H and O–H groups in total. The highest BCUT2D eigenvalue weighted by Gasteiger charge is 2.25. The number of para-hydroxylation sites is 1. The summed E-state index contributed by atoms with van der Waals surface area (Å²) in [5.41, 5.74) is 0.0210. The maximum atomic E-state index is 13.9. The number of benzene rings is 1. The molecule has 1 aromatic carbocycles. The summed E-state index contributed by atoms with van der Waals surface area (Å²) in [7, 11) is 0. The quantitative estimate of drug-likeness (QED) is 0.775. The summed E-state index contributed by atoms with van der Waals surface area (Å²) in [6.45, 7) is 1.82. The molecule has 2 heterocycles. The third-order valence-electron chi connectivity index (χ3n) is 4.11. The summed E-state index contributed by atoms with van der Waals surface area (Å²) < 4.78 is 25.2. The second-order valence-electron chi connectivity index (χ2n) is 5.90. The Morgan fingerprint density at radius 3 is 2.88 bits per heavy atom. The van der Waals surface area contributed by atoms with Crippen molar-refractivity contribution in [2.24, 2.45) is 0 Å². The lowest BCUT2D eigenvalue weighted by Crippen LogP contribution is -2.40. The van der Waals surface area contributed by atoms with Crippen LogP contribution in [0, 0.1) is 5.82 Å². The van der Waals surface area contributed by atoms with Gasteiger partial charge in [0.1, 0.15) is 12.4 Å². The van der Waals surface area contributed by atoms with E-state index in [1.54, 1.807) is 4.90 Å². The molecule has 1 aromatic heterocycles. The molecule has 0 bridgehead atoms. The van der Waals surface area contributed by atoms with Crippen LogP contribution in [-0.4, -0.2) is 48.2 Å². The fraction of sp³-hybridized carbons (Fsp3) is 0.368. The zero-order valence-electron chi connectivity index (χ0n) is 13.9. The average Bonchev–Trinajstić information content (AvgIpc) is 3.15. The number of hydrogen-bond donors (Lipinski definition) is 0. The number of nitrogens with zero attached hydrogens (tertiary/aromatic N) is 2. The molecule has 0 spiro atoms. The number of carbonyl (C=O) groups excluding carboxylic acids is 1. The van der Waals surface area contributed by atoms with Crippen LogP contribution >= 0.6 is 0 Å². The molecule has 0 radical (unpaired) electrons. The van der Waals surface area contributed by atoms with Crippen molar-refractivity contribution in [3.05, 3.63) is 60.2 Å². The van der Waals surface area contributed by atoms with E-state index in [1.165, 1.54) is 12.3 Å². The van der Waals surface area contributed by atoms with Gasteiger partial charge >= 0.3 is 0 Å². The van der Waals surface area contributed by atoms with Crippen molar-refractivity contribution >= 4 is 5.91 Å². The van der Waals surface area contributed by atoms with Crippen LogP contribution in [0.15, 0.2) is 48.8 Å². The zero-order chi connectivity index (χ0) is 17.5. The van der Waals surface area contributed by atoms with Gasteiger partial charge in [0.05, 0.1) is 24.4 Å². The van der Waals surface area contributed by atoms with E-state index in [2.05, 4.69) is 4.98 Å². The lowest BCUT2D eigenvalue weighted by Gasteiger charge is -2.25. The fourth-order valence-electron chi connectivity index (χ4n) is 2.82. The first-order chi connectivity index (χ1) is 12.2. The highest BCUT2D eigenvalue weighted by Crippen LogP contribution is 2.16. The van der Waals surface area contributed by atoms with Crippen LogP contribution in [0.5, 0.6) is 5.75 Å². The van der Waals surface area contributed by atoms with E-state index in [9.17, 15) is 9.18 Å². The molecule has 1 fully saturated rings. The Bertz CT molecular complexity index is 690. The van der Waals surface area contributed by atoms with Gasteiger partial charge in [0.2, 0.25) is 0 Å². The fourth-order valence-corrected chi connectivity index (χ4v) is 2.82. The van der Waals surface area contributed by atoms with Gasteiger partial charge in [0.15, 0.2) is 5.82 Å². The van der Waals surface area contributed by atoms with Crippen LogP contribution in [0.4, 0.5) is 4.39 Å². The molecule has 25 heavy (non-hydrogen) atoms. The number of halogens is 1. The van der Waals surface area contributed by atoms with Gasteiger partial charge in [-0.05, 0) is 31.0 Å². The molecular weight excluding hydrogens is 323 g/mol. The van der Waals surface area contributed by atoms with Crippen LogP contribution in [-0.2, 0) is 4.74 Å². The SMILES string of the molecule is O=C(c1ccncc1F)N(CCOc1ccccc1)CC1CCCO1. The number of amides is 1. The number of ether oxygens (including phenoxy) is 2. The van der Waals surface area contributed by atoms with E-state index in [1.807, 2.05) is 30.3 Å². The van der Waals surface area contributed by atoms with Crippen molar-refractivity contribution in [3.63, 3.8) is 0 Å². The van der Waals surface area contributed by atoms with E-state index in [0.29, 0.717) is 26.3 Å². The Morgan fingerprint density at radius 2 is 2.16 bits per heavy atom. The zero-order valence-corrected chi connectivity index (χ0v) is 13.9. The average molecular weight is 344 g/mol. The first-order valence-electron chi connectivity index (χ1n) is 8.42. The largest absolute Gasteiger partial charge is 0.492 e. The van der Waals surface area contributed by atoms with Crippen molar-refractivity contribution in [2.75, 3.05) is 26.3 Å². The molecule has 132 valence electrons. The standard InChI is InChI=1S/C19H21FN2O3/c20-18-13-21-9-8-17(18)19(23)22(14-16-7-4-11-24-16)10-12-25-15-5-2-1-3-6-15/h1-3,5-6,8-9,13,16H,4,7,10-12,14H2. The van der Waals surface area contributed by atoms with E-state index in [4.69, 9.17) is 9.47 Å². The molecule has 6 heteroatoms. The predicted molar refractivity (Wildman–Crippen MR) is 91.0 cm³/mol. The van der Waals surface area contributed by atoms with Crippen molar-refractivity contribution in [1.82, 2.24) is 9.88 Å². The maximum absolute atomic E-state index is 13.9. The van der Waals surface area contributed by atoms with Crippen molar-refractivity contribution < 1.29 is 18.7 Å². The second kappa shape index (κ2) is 8.58. The van der Waals surface area contributed by atoms with Gasteiger partial charge in [-0.3, -0.25) is 9.78 Å². The molecular formula is C19H21FN2O3. The molecule has 1 atom stereocenters. The molecule has 1 aliphatic rings. The minimum Gasteiger partial charge on any atom is -0.492 e. The molecule has 1 aliphatic heterocycles. The lowest BCUT2D eigenvalue weighted by atomic mass is 10.2. The molecule has 3 rings (SSSR count).